The second-order valence-electron chi connectivity index (χ2n) is 6.58. The van der Waals surface area contributed by atoms with E-state index in [2.05, 4.69) is 40.5 Å². The molecule has 0 bridgehead atoms. The van der Waals surface area contributed by atoms with E-state index in [0.29, 0.717) is 24.6 Å². The molecule has 1 saturated heterocycles. The molecule has 0 spiro atoms. The van der Waals surface area contributed by atoms with Crippen molar-refractivity contribution in [1.29, 1.82) is 5.26 Å². The highest BCUT2D eigenvalue weighted by molar-refractivity contribution is 5.73. The van der Waals surface area contributed by atoms with Crippen molar-refractivity contribution in [1.82, 2.24) is 20.4 Å². The third-order valence-electron chi connectivity index (χ3n) is 4.29. The summed E-state index contributed by atoms with van der Waals surface area (Å²) in [5.74, 6) is 0.418. The van der Waals surface area contributed by atoms with E-state index in [9.17, 15) is 4.79 Å². The van der Waals surface area contributed by atoms with Crippen molar-refractivity contribution in [2.45, 2.75) is 13.5 Å². The lowest BCUT2D eigenvalue weighted by molar-refractivity contribution is 0.138. The third-order valence-corrected chi connectivity index (χ3v) is 4.29. The molecule has 1 aromatic carbocycles. The Balaban J connectivity index is 1.64. The summed E-state index contributed by atoms with van der Waals surface area (Å²) in [5, 5.41) is 14.6. The van der Waals surface area contributed by atoms with E-state index in [1.807, 2.05) is 12.1 Å². The number of hydrogen-bond donors (Lipinski definition) is 2. The maximum atomic E-state index is 11.9. The van der Waals surface area contributed by atoms with Crippen molar-refractivity contribution in [3.8, 4) is 6.07 Å². The monoisotopic (exact) mass is 329 g/mol. The van der Waals surface area contributed by atoms with Crippen LogP contribution in [0.5, 0.6) is 0 Å². The van der Waals surface area contributed by atoms with Crippen LogP contribution >= 0.6 is 0 Å². The smallest absolute Gasteiger partial charge is 0.315 e. The number of carbonyl (C=O) groups excluding carboxylic acids is 1. The molecule has 1 aliphatic heterocycles. The number of hydrogen-bond acceptors (Lipinski definition) is 4. The summed E-state index contributed by atoms with van der Waals surface area (Å²) >= 11 is 0. The van der Waals surface area contributed by atoms with Gasteiger partial charge in [-0.05, 0) is 30.7 Å². The Hall–Kier alpha value is -2.10. The first-order chi connectivity index (χ1) is 11.6. The quantitative estimate of drug-likeness (QED) is 0.824. The first-order valence-electron chi connectivity index (χ1n) is 8.48. The number of rotatable bonds is 6. The fraction of sp³-hybridized carbons (Fsp3) is 0.556. The van der Waals surface area contributed by atoms with Crippen LogP contribution < -0.4 is 10.6 Å². The second-order valence-corrected chi connectivity index (χ2v) is 6.58. The molecule has 1 aromatic rings. The molecule has 0 aliphatic carbocycles. The molecular weight excluding hydrogens is 302 g/mol. The number of likely N-dealkylation sites (N-methyl/N-ethyl adjacent to an activating group) is 1. The molecule has 0 unspecified atom stereocenters. The van der Waals surface area contributed by atoms with Gasteiger partial charge in [0.2, 0.25) is 0 Å². The average Bonchev–Trinajstić information content (AvgIpc) is 2.60. The minimum absolute atomic E-state index is 0.164. The maximum Gasteiger partial charge on any atom is 0.315 e. The number of nitriles is 1. The summed E-state index contributed by atoms with van der Waals surface area (Å²) in [6.45, 7) is 8.69. The van der Waals surface area contributed by atoms with Gasteiger partial charge in [-0.3, -0.25) is 0 Å². The molecule has 1 aliphatic rings. The van der Waals surface area contributed by atoms with Crippen LogP contribution in [-0.4, -0.2) is 62.1 Å². The van der Waals surface area contributed by atoms with Crippen molar-refractivity contribution < 1.29 is 4.79 Å². The van der Waals surface area contributed by atoms with E-state index >= 15 is 0 Å². The van der Waals surface area contributed by atoms with E-state index in [4.69, 9.17) is 5.26 Å². The van der Waals surface area contributed by atoms with Crippen LogP contribution in [0, 0.1) is 17.2 Å². The van der Waals surface area contributed by atoms with Crippen LogP contribution in [0.2, 0.25) is 0 Å². The lowest BCUT2D eigenvalue weighted by Gasteiger charge is -2.33. The van der Waals surface area contributed by atoms with Crippen molar-refractivity contribution in [3.05, 3.63) is 35.4 Å². The lowest BCUT2D eigenvalue weighted by Crippen LogP contribution is -2.47. The zero-order valence-electron chi connectivity index (χ0n) is 14.6. The summed E-state index contributed by atoms with van der Waals surface area (Å²) in [6.07, 6.45) is 0. The normalized spacial score (nSPS) is 17.0. The van der Waals surface area contributed by atoms with Crippen LogP contribution in [0.25, 0.3) is 0 Å². The molecule has 130 valence electrons. The Labute approximate surface area is 144 Å². The van der Waals surface area contributed by atoms with E-state index in [1.54, 1.807) is 12.1 Å². The van der Waals surface area contributed by atoms with Crippen LogP contribution in [0.15, 0.2) is 24.3 Å². The van der Waals surface area contributed by atoms with Crippen molar-refractivity contribution in [2.75, 3.05) is 46.3 Å². The molecule has 6 nitrogen and oxygen atoms in total. The van der Waals surface area contributed by atoms with Gasteiger partial charge < -0.3 is 20.4 Å². The first kappa shape index (κ1) is 18.2. The number of piperazine rings is 1. The highest BCUT2D eigenvalue weighted by Crippen LogP contribution is 2.05. The number of nitrogens with one attached hydrogen (secondary N) is 2. The van der Waals surface area contributed by atoms with Gasteiger partial charge in [0.25, 0.3) is 0 Å². The van der Waals surface area contributed by atoms with Crippen LogP contribution in [0.4, 0.5) is 4.79 Å². The Morgan fingerprint density at radius 3 is 2.75 bits per heavy atom. The maximum absolute atomic E-state index is 11.9. The van der Waals surface area contributed by atoms with Gasteiger partial charge in [0.05, 0.1) is 11.6 Å². The summed E-state index contributed by atoms with van der Waals surface area (Å²) in [5.41, 5.74) is 1.53. The van der Waals surface area contributed by atoms with Crippen molar-refractivity contribution >= 4 is 6.03 Å². The third kappa shape index (κ3) is 6.19. The molecule has 1 fully saturated rings. The average molecular weight is 329 g/mol. The Kier molecular flexibility index (Phi) is 7.04. The predicted octanol–water partition coefficient (Wildman–Crippen LogP) is 1.24. The summed E-state index contributed by atoms with van der Waals surface area (Å²) in [6, 6.07) is 9.20. The van der Waals surface area contributed by atoms with Crippen molar-refractivity contribution in [3.63, 3.8) is 0 Å². The van der Waals surface area contributed by atoms with Gasteiger partial charge in [0.1, 0.15) is 0 Å². The largest absolute Gasteiger partial charge is 0.338 e. The fourth-order valence-corrected chi connectivity index (χ4v) is 2.80. The predicted molar refractivity (Wildman–Crippen MR) is 94.5 cm³/mol. The summed E-state index contributed by atoms with van der Waals surface area (Å²) in [7, 11) is 2.15. The topological polar surface area (TPSA) is 71.4 Å². The molecule has 2 N–H and O–H groups in total. The van der Waals surface area contributed by atoms with Gasteiger partial charge in [-0.15, -0.1) is 0 Å². The minimum Gasteiger partial charge on any atom is -0.338 e. The minimum atomic E-state index is -0.164. The van der Waals surface area contributed by atoms with Gasteiger partial charge in [-0.2, -0.15) is 5.26 Å². The first-order valence-corrected chi connectivity index (χ1v) is 8.48. The molecular formula is C18H27N5O. The molecule has 2 amide bonds. The van der Waals surface area contributed by atoms with Crippen LogP contribution in [0.1, 0.15) is 18.1 Å². The fourth-order valence-electron chi connectivity index (χ4n) is 2.80. The van der Waals surface area contributed by atoms with Gasteiger partial charge >= 0.3 is 6.03 Å². The number of benzene rings is 1. The molecule has 0 saturated carbocycles. The molecule has 1 heterocycles. The molecule has 2 rings (SSSR count). The highest BCUT2D eigenvalue weighted by atomic mass is 16.2. The summed E-state index contributed by atoms with van der Waals surface area (Å²) < 4.78 is 0. The number of carbonyl (C=O) groups is 1. The van der Waals surface area contributed by atoms with Gasteiger partial charge in [0, 0.05) is 45.8 Å². The zero-order chi connectivity index (χ0) is 17.4. The Bertz CT molecular complexity index is 575. The molecule has 1 atom stereocenters. The van der Waals surface area contributed by atoms with Gasteiger partial charge in [-0.1, -0.05) is 19.1 Å². The number of amides is 2. The highest BCUT2D eigenvalue weighted by Gasteiger charge is 2.16. The van der Waals surface area contributed by atoms with E-state index in [-0.39, 0.29) is 6.03 Å². The lowest BCUT2D eigenvalue weighted by atomic mass is 10.1. The van der Waals surface area contributed by atoms with Crippen LogP contribution in [-0.2, 0) is 6.54 Å². The molecule has 24 heavy (non-hydrogen) atoms. The van der Waals surface area contributed by atoms with Gasteiger partial charge in [-0.25, -0.2) is 4.79 Å². The Morgan fingerprint density at radius 2 is 2.04 bits per heavy atom. The SMILES string of the molecule is C[C@H](CNC(=O)NCc1cccc(C#N)c1)CN1CCN(C)CC1. The second kappa shape index (κ2) is 9.26. The molecule has 0 aromatic heterocycles. The molecule has 6 heteroatoms. The molecule has 0 radical (unpaired) electrons. The van der Waals surface area contributed by atoms with Crippen molar-refractivity contribution in [2.24, 2.45) is 5.92 Å². The van der Waals surface area contributed by atoms with Gasteiger partial charge in [0.15, 0.2) is 0 Å². The zero-order valence-corrected chi connectivity index (χ0v) is 14.6. The number of urea groups is 1. The van der Waals surface area contributed by atoms with E-state index in [1.165, 1.54) is 0 Å². The van der Waals surface area contributed by atoms with E-state index < -0.39 is 0 Å². The van der Waals surface area contributed by atoms with Crippen LogP contribution in [0.3, 0.4) is 0 Å². The Morgan fingerprint density at radius 1 is 1.29 bits per heavy atom. The summed E-state index contributed by atoms with van der Waals surface area (Å²) in [4.78, 5) is 16.7. The standard InChI is InChI=1S/C18H27N5O/c1-15(14-23-8-6-22(2)7-9-23)12-20-18(24)21-13-17-5-3-4-16(10-17)11-19/h3-5,10,15H,6-9,12-14H2,1-2H3,(H2,20,21,24)/t15-/m1/s1. The van der Waals surface area contributed by atoms with E-state index in [0.717, 1.165) is 38.3 Å². The number of nitrogens with zero attached hydrogens (tertiary/aromatic N) is 3.